The van der Waals surface area contributed by atoms with E-state index < -0.39 is 0 Å². The molecule has 0 aromatic carbocycles. The van der Waals surface area contributed by atoms with Crippen molar-refractivity contribution in [3.8, 4) is 0 Å². The summed E-state index contributed by atoms with van der Waals surface area (Å²) in [6, 6.07) is 0. The van der Waals surface area contributed by atoms with Gasteiger partial charge in [0.1, 0.15) is 12.1 Å². The first-order valence-corrected chi connectivity index (χ1v) is 4.33. The second kappa shape index (κ2) is 4.57. The lowest BCUT2D eigenvalue weighted by molar-refractivity contribution is -0.124. The average Bonchev–Trinajstić information content (AvgIpc) is 2.06. The Kier molecular flexibility index (Phi) is 3.66. The van der Waals surface area contributed by atoms with Crippen molar-refractivity contribution in [2.75, 3.05) is 12.5 Å². The molecule has 0 saturated carbocycles. The van der Waals surface area contributed by atoms with Crippen LogP contribution in [0.25, 0.3) is 0 Å². The maximum Gasteiger partial charge on any atom is 0.236 e. The highest BCUT2D eigenvalue weighted by Crippen LogP contribution is 2.09. The number of rotatable bonds is 2. The van der Waals surface area contributed by atoms with Crippen molar-refractivity contribution < 1.29 is 9.53 Å². The molecule has 0 bridgehead atoms. The molecule has 1 heterocycles. The molecule has 0 aliphatic carbocycles. The average molecular weight is 178 g/mol. The molecule has 1 fully saturated rings. The van der Waals surface area contributed by atoms with E-state index in [0.29, 0.717) is 0 Å². The van der Waals surface area contributed by atoms with Crippen LogP contribution in [0.4, 0.5) is 0 Å². The van der Waals surface area contributed by atoms with E-state index in [1.807, 2.05) is 0 Å². The minimum absolute atomic E-state index is 0.0137. The number of amides is 1. The molecule has 1 atom stereocenters. The first kappa shape index (κ1) is 8.81. The van der Waals surface area contributed by atoms with Gasteiger partial charge in [-0.05, 0) is 19.3 Å². The number of halogens is 1. The maximum absolute atomic E-state index is 10.8. The fourth-order valence-electron chi connectivity index (χ4n) is 1.07. The van der Waals surface area contributed by atoms with Gasteiger partial charge in [0.05, 0.1) is 0 Å². The molecular formula is C7H12ClNO2. The van der Waals surface area contributed by atoms with E-state index in [1.165, 1.54) is 0 Å². The van der Waals surface area contributed by atoms with E-state index >= 15 is 0 Å². The predicted octanol–water partition coefficient (Wildman–Crippen LogP) is 0.868. The third-order valence-electron chi connectivity index (χ3n) is 1.62. The van der Waals surface area contributed by atoms with Crippen molar-refractivity contribution in [1.29, 1.82) is 0 Å². The van der Waals surface area contributed by atoms with Crippen LogP contribution in [-0.4, -0.2) is 24.6 Å². The lowest BCUT2D eigenvalue weighted by Gasteiger charge is -2.22. The van der Waals surface area contributed by atoms with Crippen molar-refractivity contribution in [2.24, 2.45) is 0 Å². The highest BCUT2D eigenvalue weighted by molar-refractivity contribution is 6.27. The Bertz CT molecular complexity index is 134. The minimum Gasteiger partial charge on any atom is -0.359 e. The molecule has 0 aromatic rings. The molecule has 64 valence electrons. The highest BCUT2D eigenvalue weighted by atomic mass is 35.5. The molecular weight excluding hydrogens is 166 g/mol. The smallest absolute Gasteiger partial charge is 0.236 e. The predicted molar refractivity (Wildman–Crippen MR) is 42.5 cm³/mol. The number of carbonyl (C=O) groups excluding carboxylic acids is 1. The van der Waals surface area contributed by atoms with Crippen molar-refractivity contribution in [2.45, 2.75) is 25.5 Å². The summed E-state index contributed by atoms with van der Waals surface area (Å²) in [7, 11) is 0. The number of carbonyl (C=O) groups is 1. The zero-order valence-electron chi connectivity index (χ0n) is 6.31. The van der Waals surface area contributed by atoms with Crippen molar-refractivity contribution >= 4 is 17.5 Å². The van der Waals surface area contributed by atoms with Crippen LogP contribution in [0, 0.1) is 0 Å². The monoisotopic (exact) mass is 177 g/mol. The fourth-order valence-corrected chi connectivity index (χ4v) is 1.15. The zero-order valence-corrected chi connectivity index (χ0v) is 7.06. The van der Waals surface area contributed by atoms with Gasteiger partial charge in [-0.3, -0.25) is 4.79 Å². The van der Waals surface area contributed by atoms with Crippen LogP contribution in [0.5, 0.6) is 0 Å². The quantitative estimate of drug-likeness (QED) is 0.636. The van der Waals surface area contributed by atoms with Crippen LogP contribution in [0.1, 0.15) is 19.3 Å². The van der Waals surface area contributed by atoms with Gasteiger partial charge in [-0.15, -0.1) is 11.6 Å². The van der Waals surface area contributed by atoms with E-state index in [0.717, 1.165) is 25.9 Å². The number of nitrogens with one attached hydrogen (secondary N) is 1. The van der Waals surface area contributed by atoms with Gasteiger partial charge >= 0.3 is 0 Å². The lowest BCUT2D eigenvalue weighted by Crippen LogP contribution is -2.39. The third-order valence-corrected chi connectivity index (χ3v) is 1.87. The second-order valence-corrected chi connectivity index (χ2v) is 2.82. The Morgan fingerprint density at radius 3 is 3.00 bits per heavy atom. The summed E-state index contributed by atoms with van der Waals surface area (Å²) >= 11 is 5.30. The van der Waals surface area contributed by atoms with Crippen LogP contribution in [-0.2, 0) is 9.53 Å². The Morgan fingerprint density at radius 2 is 2.45 bits per heavy atom. The van der Waals surface area contributed by atoms with E-state index in [-0.39, 0.29) is 18.0 Å². The van der Waals surface area contributed by atoms with Crippen LogP contribution < -0.4 is 5.32 Å². The first-order chi connectivity index (χ1) is 5.33. The van der Waals surface area contributed by atoms with Crippen LogP contribution >= 0.6 is 11.6 Å². The molecule has 11 heavy (non-hydrogen) atoms. The Hall–Kier alpha value is -0.280. The second-order valence-electron chi connectivity index (χ2n) is 2.56. The normalized spacial score (nSPS) is 24.6. The summed E-state index contributed by atoms with van der Waals surface area (Å²) in [4.78, 5) is 10.8. The molecule has 3 nitrogen and oxygen atoms in total. The van der Waals surface area contributed by atoms with Crippen LogP contribution in [0.3, 0.4) is 0 Å². The number of alkyl halides is 1. The van der Waals surface area contributed by atoms with E-state index in [1.54, 1.807) is 0 Å². The molecule has 1 saturated heterocycles. The van der Waals surface area contributed by atoms with Crippen molar-refractivity contribution in [1.82, 2.24) is 5.32 Å². The summed E-state index contributed by atoms with van der Waals surface area (Å²) in [5, 5.41) is 2.68. The highest BCUT2D eigenvalue weighted by Gasteiger charge is 2.14. The molecule has 1 aliphatic heterocycles. The SMILES string of the molecule is O=C(CCl)N[C@H]1CCCCO1. The summed E-state index contributed by atoms with van der Waals surface area (Å²) in [5.74, 6) is -0.140. The first-order valence-electron chi connectivity index (χ1n) is 3.80. The van der Waals surface area contributed by atoms with Crippen LogP contribution in [0.15, 0.2) is 0 Å². The summed E-state index contributed by atoms with van der Waals surface area (Å²) in [6.45, 7) is 0.743. The minimum atomic E-state index is -0.154. The Labute approximate surface area is 71.1 Å². The van der Waals surface area contributed by atoms with Gasteiger partial charge in [0.2, 0.25) is 5.91 Å². The third kappa shape index (κ3) is 3.08. The number of ether oxygens (including phenoxy) is 1. The molecule has 1 aliphatic rings. The molecule has 1 N–H and O–H groups in total. The maximum atomic E-state index is 10.8. The largest absolute Gasteiger partial charge is 0.359 e. The number of hydrogen-bond acceptors (Lipinski definition) is 2. The van der Waals surface area contributed by atoms with E-state index in [9.17, 15) is 4.79 Å². The summed E-state index contributed by atoms with van der Waals surface area (Å²) in [5.41, 5.74) is 0. The van der Waals surface area contributed by atoms with E-state index in [2.05, 4.69) is 5.32 Å². The van der Waals surface area contributed by atoms with Gasteiger partial charge in [-0.25, -0.2) is 0 Å². The van der Waals surface area contributed by atoms with Gasteiger partial charge in [-0.1, -0.05) is 0 Å². The summed E-state index contributed by atoms with van der Waals surface area (Å²) in [6.07, 6.45) is 3.01. The topological polar surface area (TPSA) is 38.3 Å². The molecule has 0 unspecified atom stereocenters. The Balaban J connectivity index is 2.19. The molecule has 1 amide bonds. The van der Waals surface area contributed by atoms with Crippen LogP contribution in [0.2, 0.25) is 0 Å². The zero-order chi connectivity index (χ0) is 8.10. The number of hydrogen-bond donors (Lipinski definition) is 1. The van der Waals surface area contributed by atoms with Crippen molar-refractivity contribution in [3.05, 3.63) is 0 Å². The molecule has 4 heteroatoms. The standard InChI is InChI=1S/C7H12ClNO2/c8-5-6(10)9-7-3-1-2-4-11-7/h7H,1-5H2,(H,9,10)/t7-/m1/s1. The van der Waals surface area contributed by atoms with Gasteiger partial charge in [-0.2, -0.15) is 0 Å². The van der Waals surface area contributed by atoms with Gasteiger partial charge in [0, 0.05) is 6.61 Å². The van der Waals surface area contributed by atoms with Gasteiger partial charge in [0.25, 0.3) is 0 Å². The van der Waals surface area contributed by atoms with Crippen molar-refractivity contribution in [3.63, 3.8) is 0 Å². The molecule has 0 aromatic heterocycles. The molecule has 1 rings (SSSR count). The van der Waals surface area contributed by atoms with E-state index in [4.69, 9.17) is 16.3 Å². The van der Waals surface area contributed by atoms with Gasteiger partial charge < -0.3 is 10.1 Å². The summed E-state index contributed by atoms with van der Waals surface area (Å²) < 4.78 is 5.26. The fraction of sp³-hybridized carbons (Fsp3) is 0.857. The molecule has 0 spiro atoms. The lowest BCUT2D eigenvalue weighted by atomic mass is 10.2. The Morgan fingerprint density at radius 1 is 1.64 bits per heavy atom. The van der Waals surface area contributed by atoms with Gasteiger partial charge in [0.15, 0.2) is 0 Å². The molecule has 0 radical (unpaired) electrons.